The maximum atomic E-state index is 4.11. The number of rotatable bonds is 9. The maximum Gasteiger partial charge on any atom is 0.195 e. The summed E-state index contributed by atoms with van der Waals surface area (Å²) in [5.41, 5.74) is 23.9. The second-order valence-electron chi connectivity index (χ2n) is 24.7. The van der Waals surface area contributed by atoms with Crippen LogP contribution in [0.1, 0.15) is 161 Å². The van der Waals surface area contributed by atoms with Gasteiger partial charge in [0.25, 0.3) is 0 Å². The third kappa shape index (κ3) is 8.44. The number of fused-ring (bicyclic) bond motifs is 3. The second kappa shape index (κ2) is 16.5. The molecule has 3 aliphatic carbocycles. The first-order valence-corrected chi connectivity index (χ1v) is 25.3. The van der Waals surface area contributed by atoms with Crippen molar-refractivity contribution in [3.63, 3.8) is 0 Å². The summed E-state index contributed by atoms with van der Waals surface area (Å²) in [6.07, 6.45) is 7.10. The largest absolute Gasteiger partial charge is 0.388 e. The van der Waals surface area contributed by atoms with E-state index in [2.05, 4.69) is 229 Å². The fourth-order valence-corrected chi connectivity index (χ4v) is 12.1. The highest BCUT2D eigenvalue weighted by atomic mass is 15.1. The molecule has 0 amide bonds. The highest BCUT2D eigenvalue weighted by Gasteiger charge is 2.40. The Labute approximate surface area is 405 Å². The topological polar surface area (TPSA) is 27.3 Å². The molecule has 2 N–H and O–H groups in total. The van der Waals surface area contributed by atoms with Crippen LogP contribution in [0.3, 0.4) is 0 Å². The molecule has 0 aliphatic heterocycles. The Morgan fingerprint density at radius 3 is 1.57 bits per heavy atom. The minimum Gasteiger partial charge on any atom is -0.388 e. The summed E-state index contributed by atoms with van der Waals surface area (Å²) in [6, 6.07) is 42.3. The fraction of sp³-hybridized carbons (Fsp3) is 0.429. The molecule has 0 fully saturated rings. The van der Waals surface area contributed by atoms with Crippen molar-refractivity contribution in [2.75, 3.05) is 29.6 Å². The van der Waals surface area contributed by atoms with Gasteiger partial charge in [0.2, 0.25) is 0 Å². The molecule has 9 rings (SSSR count). The molecule has 3 nitrogen and oxygen atoms in total. The van der Waals surface area contributed by atoms with E-state index in [0.717, 1.165) is 17.8 Å². The minimum absolute atomic E-state index is 0.0524. The number of aryl methyl sites for hydroxylation is 1. The van der Waals surface area contributed by atoms with Crippen LogP contribution in [0, 0.1) is 6.92 Å². The average Bonchev–Trinajstić information content (AvgIpc) is 3.28. The van der Waals surface area contributed by atoms with E-state index >= 15 is 0 Å². The Bertz CT molecular complexity index is 2890. The first-order valence-electron chi connectivity index (χ1n) is 25.3. The van der Waals surface area contributed by atoms with Crippen LogP contribution >= 0.6 is 0 Å². The van der Waals surface area contributed by atoms with Gasteiger partial charge >= 0.3 is 0 Å². The van der Waals surface area contributed by atoms with Gasteiger partial charge in [-0.15, -0.1) is 0 Å². The number of nitrogens with zero attached hydrogens (tertiary/aromatic N) is 1. The lowest BCUT2D eigenvalue weighted by Crippen LogP contribution is -2.35. The van der Waals surface area contributed by atoms with Crippen molar-refractivity contribution in [1.29, 1.82) is 0 Å². The lowest BCUT2D eigenvalue weighted by Gasteiger charge is -2.43. The van der Waals surface area contributed by atoms with E-state index in [1.807, 2.05) is 7.05 Å². The molecule has 347 valence electrons. The Hall–Kier alpha value is -5.22. The first kappa shape index (κ1) is 46.9. The summed E-state index contributed by atoms with van der Waals surface area (Å²) in [5.74, 6) is 0. The molecule has 67 heavy (non-hydrogen) atoms. The quantitative estimate of drug-likeness (QED) is 0.142. The van der Waals surface area contributed by atoms with Gasteiger partial charge in [0, 0.05) is 59.2 Å². The number of para-hydroxylation sites is 2. The normalized spacial score (nSPS) is 19.0. The standard InChI is InChI=1S/C63H77BN3/c1-40-23-28-53(64-54-21-18-20-44(43-19-16-17-22-55(43)65-14)57(54)67(15)42-25-27-48-50(37-42)61(8,9)32-30-59(48,4)5)45(35-40)46-38-51-52(63(12,13)34-33-62(51,10)11)39-56(46)66-41-24-26-47-49(36-41)60(6,7)31-29-58(47,2)3/h16-28,35-39,65-66H,29-34H2,1-15H3. The average molecular weight is 887 g/mol. The molecule has 0 aromatic heterocycles. The van der Waals surface area contributed by atoms with E-state index in [4.69, 9.17) is 0 Å². The summed E-state index contributed by atoms with van der Waals surface area (Å²) in [6.45, 7) is 31.4. The van der Waals surface area contributed by atoms with Crippen molar-refractivity contribution in [1.82, 2.24) is 0 Å². The van der Waals surface area contributed by atoms with E-state index in [-0.39, 0.29) is 32.5 Å². The van der Waals surface area contributed by atoms with Crippen LogP contribution < -0.4 is 26.5 Å². The third-order valence-electron chi connectivity index (χ3n) is 17.0. The van der Waals surface area contributed by atoms with E-state index in [1.54, 1.807) is 0 Å². The minimum atomic E-state index is 0.0524. The van der Waals surface area contributed by atoms with Crippen molar-refractivity contribution in [3.05, 3.63) is 148 Å². The maximum absolute atomic E-state index is 4.11. The summed E-state index contributed by atoms with van der Waals surface area (Å²) in [7, 11) is 6.76. The Balaban J connectivity index is 1.23. The van der Waals surface area contributed by atoms with E-state index in [0.29, 0.717) is 0 Å². The number of hydrogen-bond donors (Lipinski definition) is 2. The van der Waals surface area contributed by atoms with E-state index in [1.165, 1.54) is 121 Å². The van der Waals surface area contributed by atoms with Gasteiger partial charge in [0.05, 0.1) is 0 Å². The fourth-order valence-electron chi connectivity index (χ4n) is 12.1. The van der Waals surface area contributed by atoms with Gasteiger partial charge in [-0.25, -0.2) is 0 Å². The lowest BCUT2D eigenvalue weighted by atomic mass is 9.59. The van der Waals surface area contributed by atoms with Crippen LogP contribution in [-0.4, -0.2) is 21.4 Å². The summed E-state index contributed by atoms with van der Waals surface area (Å²) >= 11 is 0. The predicted octanol–water partition coefficient (Wildman–Crippen LogP) is 15.6. The SMILES string of the molecule is CNc1ccccc1-c1cccc([B]c2ccc(C)cc2-c2cc3c(cc2Nc2ccc4c(c2)C(C)(C)CCC4(C)C)C(C)(C)CCC3(C)C)c1N(C)c1ccc2c(c1)C(C)(C)CCC2(C)C. The van der Waals surface area contributed by atoms with Gasteiger partial charge in [-0.3, -0.25) is 0 Å². The molecule has 6 aromatic rings. The van der Waals surface area contributed by atoms with Gasteiger partial charge < -0.3 is 15.5 Å². The molecule has 4 heteroatoms. The molecule has 0 unspecified atom stereocenters. The van der Waals surface area contributed by atoms with Gasteiger partial charge in [-0.2, -0.15) is 0 Å². The van der Waals surface area contributed by atoms with Crippen LogP contribution in [0.4, 0.5) is 28.4 Å². The number of anilines is 5. The molecule has 0 heterocycles. The number of nitrogens with one attached hydrogen (secondary N) is 2. The van der Waals surface area contributed by atoms with Gasteiger partial charge in [0.1, 0.15) is 0 Å². The van der Waals surface area contributed by atoms with Crippen molar-refractivity contribution >= 4 is 46.6 Å². The van der Waals surface area contributed by atoms with Gasteiger partial charge in [-0.1, -0.05) is 166 Å². The van der Waals surface area contributed by atoms with Gasteiger partial charge in [0.15, 0.2) is 7.28 Å². The molecule has 6 aromatic carbocycles. The van der Waals surface area contributed by atoms with Crippen molar-refractivity contribution < 1.29 is 0 Å². The number of benzene rings is 6. The molecule has 0 bridgehead atoms. The molecule has 3 aliphatic rings. The van der Waals surface area contributed by atoms with Crippen LogP contribution in [0.25, 0.3) is 22.3 Å². The predicted molar refractivity (Wildman–Crippen MR) is 293 cm³/mol. The Morgan fingerprint density at radius 2 is 0.955 bits per heavy atom. The summed E-state index contributed by atoms with van der Waals surface area (Å²) < 4.78 is 0. The van der Waals surface area contributed by atoms with Crippen molar-refractivity contribution in [2.45, 2.75) is 161 Å². The molecular formula is C63H77BN3. The van der Waals surface area contributed by atoms with E-state index in [9.17, 15) is 0 Å². The lowest BCUT2D eigenvalue weighted by molar-refractivity contribution is 0.332. The molecule has 0 saturated heterocycles. The summed E-state index contributed by atoms with van der Waals surface area (Å²) in [5, 5.41) is 7.63. The Kier molecular flexibility index (Phi) is 11.5. The zero-order valence-electron chi connectivity index (χ0n) is 43.7. The zero-order valence-corrected chi connectivity index (χ0v) is 43.7. The molecule has 0 atom stereocenters. The molecule has 0 saturated carbocycles. The van der Waals surface area contributed by atoms with Crippen LogP contribution in [0.5, 0.6) is 0 Å². The monoisotopic (exact) mass is 887 g/mol. The Morgan fingerprint density at radius 1 is 0.433 bits per heavy atom. The van der Waals surface area contributed by atoms with Crippen LogP contribution in [0.2, 0.25) is 0 Å². The number of hydrogen-bond acceptors (Lipinski definition) is 3. The molecule has 1 radical (unpaired) electrons. The molecule has 0 spiro atoms. The van der Waals surface area contributed by atoms with Gasteiger partial charge in [-0.05, 0) is 159 Å². The highest BCUT2D eigenvalue weighted by molar-refractivity contribution is 6.70. The van der Waals surface area contributed by atoms with Crippen molar-refractivity contribution in [2.24, 2.45) is 0 Å². The third-order valence-corrected chi connectivity index (χ3v) is 17.0. The highest BCUT2D eigenvalue weighted by Crippen LogP contribution is 2.52. The first-order chi connectivity index (χ1) is 31.4. The van der Waals surface area contributed by atoms with E-state index < -0.39 is 0 Å². The summed E-state index contributed by atoms with van der Waals surface area (Å²) in [4.78, 5) is 2.45. The molecular weight excluding hydrogens is 810 g/mol. The van der Waals surface area contributed by atoms with Crippen LogP contribution in [-0.2, 0) is 32.5 Å². The smallest absolute Gasteiger partial charge is 0.195 e. The zero-order chi connectivity index (χ0) is 48.1. The second-order valence-corrected chi connectivity index (χ2v) is 24.7. The van der Waals surface area contributed by atoms with Crippen molar-refractivity contribution in [3.8, 4) is 22.3 Å². The van der Waals surface area contributed by atoms with Crippen LogP contribution in [0.15, 0.2) is 109 Å².